The van der Waals surface area contributed by atoms with Gasteiger partial charge >= 0.3 is 5.97 Å². The highest BCUT2D eigenvalue weighted by Crippen LogP contribution is 2.22. The van der Waals surface area contributed by atoms with Crippen molar-refractivity contribution in [3.05, 3.63) is 29.6 Å². The van der Waals surface area contributed by atoms with Gasteiger partial charge in [0.25, 0.3) is 0 Å². The highest BCUT2D eigenvalue weighted by molar-refractivity contribution is 7.92. The molecule has 0 aliphatic carbocycles. The monoisotopic (exact) mass is 289 g/mol. The Balaban J connectivity index is 3.12. The maximum absolute atomic E-state index is 13.1. The van der Waals surface area contributed by atoms with Crippen LogP contribution in [-0.4, -0.2) is 25.2 Å². The molecule has 0 fully saturated rings. The van der Waals surface area contributed by atoms with Gasteiger partial charge in [-0.05, 0) is 23.6 Å². The molecule has 106 valence electrons. The van der Waals surface area contributed by atoms with Crippen molar-refractivity contribution in [2.24, 2.45) is 5.41 Å². The summed E-state index contributed by atoms with van der Waals surface area (Å²) < 4.78 is 39.0. The number of anilines is 1. The van der Waals surface area contributed by atoms with E-state index in [1.807, 2.05) is 0 Å². The summed E-state index contributed by atoms with van der Waals surface area (Å²) in [7, 11) is -3.75. The number of aromatic carboxylic acids is 1. The molecular formula is C12H16FNO4S. The molecule has 2 N–H and O–H groups in total. The van der Waals surface area contributed by atoms with Crippen molar-refractivity contribution in [3.63, 3.8) is 0 Å². The topological polar surface area (TPSA) is 83.5 Å². The second-order valence-corrected chi connectivity index (χ2v) is 7.14. The quantitative estimate of drug-likeness (QED) is 0.891. The number of hydrogen-bond acceptors (Lipinski definition) is 3. The summed E-state index contributed by atoms with van der Waals surface area (Å²) in [4.78, 5) is 10.9. The van der Waals surface area contributed by atoms with E-state index in [1.165, 1.54) is 0 Å². The molecule has 0 atom stereocenters. The number of carboxylic acids is 1. The molecule has 19 heavy (non-hydrogen) atoms. The fourth-order valence-corrected chi connectivity index (χ4v) is 3.28. The van der Waals surface area contributed by atoms with E-state index in [0.29, 0.717) is 0 Å². The van der Waals surface area contributed by atoms with Crippen LogP contribution in [0.4, 0.5) is 10.1 Å². The summed E-state index contributed by atoms with van der Waals surface area (Å²) in [6.45, 7) is 5.20. The maximum atomic E-state index is 13.1. The number of carboxylic acid groups (broad SMARTS) is 1. The van der Waals surface area contributed by atoms with E-state index in [-0.39, 0.29) is 17.0 Å². The zero-order valence-corrected chi connectivity index (χ0v) is 11.7. The van der Waals surface area contributed by atoms with Crippen molar-refractivity contribution < 1.29 is 22.7 Å². The Morgan fingerprint density at radius 3 is 2.42 bits per heavy atom. The van der Waals surface area contributed by atoms with Crippen LogP contribution in [0, 0.1) is 11.2 Å². The number of sulfonamides is 1. The lowest BCUT2D eigenvalue weighted by molar-refractivity contribution is 0.0698. The number of benzene rings is 1. The molecule has 0 saturated heterocycles. The molecule has 0 saturated carbocycles. The van der Waals surface area contributed by atoms with Crippen molar-refractivity contribution in [1.29, 1.82) is 0 Å². The highest BCUT2D eigenvalue weighted by atomic mass is 32.2. The predicted molar refractivity (Wildman–Crippen MR) is 70.2 cm³/mol. The summed E-state index contributed by atoms with van der Waals surface area (Å²) in [6.07, 6.45) is 0. The molecule has 0 amide bonds. The van der Waals surface area contributed by atoms with Crippen LogP contribution in [0.3, 0.4) is 0 Å². The standard InChI is InChI=1S/C12H16FNO4S/c1-12(2,3)7-19(17,18)14-10-6-8(13)4-5-9(10)11(15)16/h4-6,14H,7H2,1-3H3,(H,15,16). The number of hydrogen-bond donors (Lipinski definition) is 2. The summed E-state index contributed by atoms with van der Waals surface area (Å²) in [6, 6.07) is 2.83. The average molecular weight is 289 g/mol. The molecule has 0 aliphatic heterocycles. The molecule has 1 rings (SSSR count). The van der Waals surface area contributed by atoms with Crippen LogP contribution in [-0.2, 0) is 10.0 Å². The van der Waals surface area contributed by atoms with Gasteiger partial charge in [0.15, 0.2) is 0 Å². The first-order valence-electron chi connectivity index (χ1n) is 5.53. The number of halogens is 1. The molecule has 0 aromatic heterocycles. The van der Waals surface area contributed by atoms with E-state index >= 15 is 0 Å². The van der Waals surface area contributed by atoms with Crippen molar-refractivity contribution in [1.82, 2.24) is 0 Å². The molecule has 5 nitrogen and oxygen atoms in total. The molecule has 0 radical (unpaired) electrons. The maximum Gasteiger partial charge on any atom is 0.337 e. The van der Waals surface area contributed by atoms with E-state index in [2.05, 4.69) is 4.72 Å². The van der Waals surface area contributed by atoms with Crippen LogP contribution in [0.25, 0.3) is 0 Å². The normalized spacial score (nSPS) is 12.2. The van der Waals surface area contributed by atoms with Crippen molar-refractivity contribution in [3.8, 4) is 0 Å². The van der Waals surface area contributed by atoms with Crippen LogP contribution < -0.4 is 4.72 Å². The molecule has 0 aliphatic rings. The Morgan fingerprint density at radius 2 is 1.95 bits per heavy atom. The molecular weight excluding hydrogens is 273 g/mol. The number of carbonyl (C=O) groups is 1. The van der Waals surface area contributed by atoms with Gasteiger partial charge < -0.3 is 5.11 Å². The Bertz CT molecular complexity index is 590. The average Bonchev–Trinajstić information content (AvgIpc) is 2.11. The third-order valence-electron chi connectivity index (χ3n) is 2.10. The molecule has 1 aromatic carbocycles. The number of rotatable bonds is 4. The summed E-state index contributed by atoms with van der Waals surface area (Å²) >= 11 is 0. The SMILES string of the molecule is CC(C)(C)CS(=O)(=O)Nc1cc(F)ccc1C(=O)O. The van der Waals surface area contributed by atoms with E-state index in [0.717, 1.165) is 18.2 Å². The smallest absolute Gasteiger partial charge is 0.337 e. The minimum absolute atomic E-state index is 0.199. The van der Waals surface area contributed by atoms with Crippen LogP contribution in [0.15, 0.2) is 18.2 Å². The molecule has 7 heteroatoms. The van der Waals surface area contributed by atoms with E-state index in [9.17, 15) is 17.6 Å². The summed E-state index contributed by atoms with van der Waals surface area (Å²) in [5, 5.41) is 8.93. The van der Waals surface area contributed by atoms with Crippen LogP contribution in [0.5, 0.6) is 0 Å². The second kappa shape index (κ2) is 5.16. The molecule has 0 spiro atoms. The Labute approximate surface area is 111 Å². The zero-order valence-electron chi connectivity index (χ0n) is 10.9. The van der Waals surface area contributed by atoms with Crippen molar-refractivity contribution in [2.75, 3.05) is 10.5 Å². The van der Waals surface area contributed by atoms with Gasteiger partial charge in [-0.25, -0.2) is 17.6 Å². The largest absolute Gasteiger partial charge is 0.478 e. The van der Waals surface area contributed by atoms with Crippen LogP contribution in [0.2, 0.25) is 0 Å². The Morgan fingerprint density at radius 1 is 1.37 bits per heavy atom. The van der Waals surface area contributed by atoms with Gasteiger partial charge in [-0.1, -0.05) is 20.8 Å². The first-order chi connectivity index (χ1) is 8.50. The minimum Gasteiger partial charge on any atom is -0.478 e. The van der Waals surface area contributed by atoms with Gasteiger partial charge in [-0.15, -0.1) is 0 Å². The lowest BCUT2D eigenvalue weighted by Crippen LogP contribution is -2.27. The van der Waals surface area contributed by atoms with Gasteiger partial charge in [0, 0.05) is 0 Å². The molecule has 0 bridgehead atoms. The third-order valence-corrected chi connectivity index (χ3v) is 3.88. The van der Waals surface area contributed by atoms with E-state index < -0.39 is 27.2 Å². The van der Waals surface area contributed by atoms with Gasteiger partial charge in [0.1, 0.15) is 5.82 Å². The molecule has 0 heterocycles. The minimum atomic E-state index is -3.75. The first kappa shape index (κ1) is 15.4. The van der Waals surface area contributed by atoms with Crippen molar-refractivity contribution in [2.45, 2.75) is 20.8 Å². The van der Waals surface area contributed by atoms with Gasteiger partial charge in [0.05, 0.1) is 17.0 Å². The van der Waals surface area contributed by atoms with Crippen LogP contribution in [0.1, 0.15) is 31.1 Å². The lowest BCUT2D eigenvalue weighted by Gasteiger charge is -2.19. The zero-order chi connectivity index (χ0) is 14.8. The Kier molecular flexibility index (Phi) is 4.19. The fraction of sp³-hybridized carbons (Fsp3) is 0.417. The fourth-order valence-electron chi connectivity index (χ4n) is 1.56. The van der Waals surface area contributed by atoms with E-state index in [4.69, 9.17) is 5.11 Å². The summed E-state index contributed by atoms with van der Waals surface area (Å²) in [5.74, 6) is -2.23. The number of nitrogens with one attached hydrogen (secondary N) is 1. The first-order valence-corrected chi connectivity index (χ1v) is 7.19. The highest BCUT2D eigenvalue weighted by Gasteiger charge is 2.23. The Hall–Kier alpha value is -1.63. The lowest BCUT2D eigenvalue weighted by atomic mass is 10.0. The van der Waals surface area contributed by atoms with Gasteiger partial charge in [-0.2, -0.15) is 0 Å². The second-order valence-electron chi connectivity index (χ2n) is 5.42. The molecule has 1 aromatic rings. The van der Waals surface area contributed by atoms with Crippen LogP contribution >= 0.6 is 0 Å². The van der Waals surface area contributed by atoms with Gasteiger partial charge in [0.2, 0.25) is 10.0 Å². The molecule has 0 unspecified atom stereocenters. The van der Waals surface area contributed by atoms with E-state index in [1.54, 1.807) is 20.8 Å². The van der Waals surface area contributed by atoms with Gasteiger partial charge in [-0.3, -0.25) is 4.72 Å². The van der Waals surface area contributed by atoms with Crippen molar-refractivity contribution >= 4 is 21.7 Å². The third kappa shape index (κ3) is 4.86. The summed E-state index contributed by atoms with van der Waals surface area (Å²) in [5.41, 5.74) is -1.06. The predicted octanol–water partition coefficient (Wildman–Crippen LogP) is 2.31.